The van der Waals surface area contributed by atoms with Gasteiger partial charge in [0.15, 0.2) is 0 Å². The molecule has 0 rings (SSSR count). The summed E-state index contributed by atoms with van der Waals surface area (Å²) in [6, 6.07) is 1.05. The highest BCUT2D eigenvalue weighted by atomic mass is 28.4. The molecule has 0 aromatic carbocycles. The Balaban J connectivity index is 4.22. The van der Waals surface area contributed by atoms with Crippen molar-refractivity contribution >= 4 is 8.56 Å². The Morgan fingerprint density at radius 1 is 1.20 bits per heavy atom. The summed E-state index contributed by atoms with van der Waals surface area (Å²) in [6.45, 7) is 14.4. The highest BCUT2D eigenvalue weighted by molar-refractivity contribution is 6.66. The Morgan fingerprint density at radius 2 is 1.80 bits per heavy atom. The predicted octanol–water partition coefficient (Wildman–Crippen LogP) is 2.72. The van der Waals surface area contributed by atoms with E-state index in [9.17, 15) is 0 Å². The Morgan fingerprint density at radius 3 is 2.20 bits per heavy atom. The first-order valence-corrected chi connectivity index (χ1v) is 8.51. The normalized spacial score (nSPS) is 17.8. The third-order valence-electron chi connectivity index (χ3n) is 2.15. The molecule has 92 valence electrons. The van der Waals surface area contributed by atoms with Crippen molar-refractivity contribution in [3.63, 3.8) is 0 Å². The summed E-state index contributed by atoms with van der Waals surface area (Å²) in [4.78, 5) is 0. The molecule has 0 aliphatic rings. The van der Waals surface area contributed by atoms with Gasteiger partial charge in [-0.15, -0.1) is 0 Å². The summed E-state index contributed by atoms with van der Waals surface area (Å²) in [7, 11) is -1.98. The quantitative estimate of drug-likeness (QED) is 0.516. The zero-order valence-corrected chi connectivity index (χ0v) is 12.1. The number of hydrogen-bond acceptors (Lipinski definition) is 3. The van der Waals surface area contributed by atoms with Crippen LogP contribution in [0, 0.1) is 5.92 Å². The van der Waals surface area contributed by atoms with Gasteiger partial charge in [0.05, 0.1) is 6.23 Å². The summed E-state index contributed by atoms with van der Waals surface area (Å²) >= 11 is 0. The van der Waals surface area contributed by atoms with Gasteiger partial charge in [0.1, 0.15) is 0 Å². The van der Waals surface area contributed by atoms with Crippen molar-refractivity contribution in [3.8, 4) is 0 Å². The fourth-order valence-corrected chi connectivity index (χ4v) is 5.10. The molecule has 3 nitrogen and oxygen atoms in total. The lowest BCUT2D eigenvalue weighted by molar-refractivity contribution is 0.107. The van der Waals surface area contributed by atoms with Crippen molar-refractivity contribution < 1.29 is 8.85 Å². The molecule has 2 unspecified atom stereocenters. The van der Waals surface area contributed by atoms with Gasteiger partial charge in [0, 0.05) is 6.61 Å². The van der Waals surface area contributed by atoms with Gasteiger partial charge in [0.2, 0.25) is 0 Å². The molecule has 0 bridgehead atoms. The van der Waals surface area contributed by atoms with E-state index in [0.29, 0.717) is 5.92 Å². The fourth-order valence-electron chi connectivity index (χ4n) is 1.89. The molecule has 0 saturated heterocycles. The molecule has 0 aromatic heterocycles. The van der Waals surface area contributed by atoms with Crippen LogP contribution in [0.3, 0.4) is 0 Å². The second-order valence-corrected chi connectivity index (χ2v) is 7.68. The minimum atomic E-state index is -1.98. The van der Waals surface area contributed by atoms with Gasteiger partial charge in [0.25, 0.3) is 0 Å². The average Bonchev–Trinajstić information content (AvgIpc) is 2.01. The maximum absolute atomic E-state index is 6.04. The maximum atomic E-state index is 6.04. The first-order chi connectivity index (χ1) is 6.93. The Bertz CT molecular complexity index is 167. The summed E-state index contributed by atoms with van der Waals surface area (Å²) in [5.74, 6) is 0.627. The van der Waals surface area contributed by atoms with Gasteiger partial charge in [-0.2, -0.15) is 0 Å². The molecule has 1 N–H and O–H groups in total. The SMILES string of the molecule is CCNC(C)O[Si](C)(CC(C)C)OCC. The number of hydrogen-bond donors (Lipinski definition) is 1. The van der Waals surface area contributed by atoms with Crippen molar-refractivity contribution in [1.82, 2.24) is 5.32 Å². The summed E-state index contributed by atoms with van der Waals surface area (Å²) in [5.41, 5.74) is 0. The van der Waals surface area contributed by atoms with Crippen molar-refractivity contribution in [2.45, 2.75) is 53.4 Å². The van der Waals surface area contributed by atoms with E-state index in [-0.39, 0.29) is 6.23 Å². The Hall–Kier alpha value is 0.0969. The molecule has 0 aliphatic carbocycles. The van der Waals surface area contributed by atoms with Crippen molar-refractivity contribution in [1.29, 1.82) is 0 Å². The zero-order chi connectivity index (χ0) is 11.9. The van der Waals surface area contributed by atoms with Crippen LogP contribution in [0.5, 0.6) is 0 Å². The molecule has 0 amide bonds. The summed E-state index contributed by atoms with van der Waals surface area (Å²) in [5, 5.41) is 3.27. The van der Waals surface area contributed by atoms with E-state index >= 15 is 0 Å². The maximum Gasteiger partial charge on any atom is 0.336 e. The average molecular weight is 233 g/mol. The van der Waals surface area contributed by atoms with Gasteiger partial charge in [-0.3, -0.25) is 5.32 Å². The first-order valence-electron chi connectivity index (χ1n) is 5.98. The largest absolute Gasteiger partial charge is 0.395 e. The third kappa shape index (κ3) is 7.06. The second-order valence-electron chi connectivity index (χ2n) is 4.48. The third-order valence-corrected chi connectivity index (χ3v) is 5.46. The van der Waals surface area contributed by atoms with E-state index in [1.54, 1.807) is 0 Å². The van der Waals surface area contributed by atoms with Gasteiger partial charge in [-0.1, -0.05) is 20.8 Å². The molecular formula is C11H27NO2Si. The van der Waals surface area contributed by atoms with Crippen molar-refractivity contribution in [3.05, 3.63) is 0 Å². The summed E-state index contributed by atoms with van der Waals surface area (Å²) < 4.78 is 11.9. The lowest BCUT2D eigenvalue weighted by Gasteiger charge is -2.31. The van der Waals surface area contributed by atoms with E-state index in [1.165, 1.54) is 0 Å². The molecule has 2 atom stereocenters. The van der Waals surface area contributed by atoms with E-state index in [0.717, 1.165) is 19.2 Å². The molecule has 0 fully saturated rings. The van der Waals surface area contributed by atoms with Crippen LogP contribution < -0.4 is 5.32 Å². The van der Waals surface area contributed by atoms with Crippen LogP contribution in [0.25, 0.3) is 0 Å². The molecule has 15 heavy (non-hydrogen) atoms. The smallest absolute Gasteiger partial charge is 0.336 e. The van der Waals surface area contributed by atoms with Crippen LogP contribution in [0.4, 0.5) is 0 Å². The second kappa shape index (κ2) is 7.38. The molecule has 0 radical (unpaired) electrons. The highest BCUT2D eigenvalue weighted by Gasteiger charge is 2.33. The Labute approximate surface area is 95.8 Å². The number of nitrogens with one attached hydrogen (secondary N) is 1. The lowest BCUT2D eigenvalue weighted by atomic mass is 10.3. The van der Waals surface area contributed by atoms with Crippen molar-refractivity contribution in [2.75, 3.05) is 13.2 Å². The minimum Gasteiger partial charge on any atom is -0.395 e. The van der Waals surface area contributed by atoms with Crippen LogP contribution in [-0.4, -0.2) is 27.9 Å². The fraction of sp³-hybridized carbons (Fsp3) is 1.00. The number of rotatable bonds is 8. The molecular weight excluding hydrogens is 206 g/mol. The van der Waals surface area contributed by atoms with Crippen LogP contribution in [-0.2, 0) is 8.85 Å². The van der Waals surface area contributed by atoms with Crippen LogP contribution in [0.1, 0.15) is 34.6 Å². The Kier molecular flexibility index (Phi) is 7.43. The molecule has 0 aliphatic heterocycles. The molecule has 0 spiro atoms. The topological polar surface area (TPSA) is 30.5 Å². The van der Waals surface area contributed by atoms with E-state index in [4.69, 9.17) is 8.85 Å². The standard InChI is InChI=1S/C11H27NO2Si/c1-7-12-11(5)14-15(6,13-8-2)9-10(3)4/h10-12H,7-9H2,1-6H3. The van der Waals surface area contributed by atoms with E-state index < -0.39 is 8.56 Å². The molecule has 0 saturated carbocycles. The molecule has 0 aromatic rings. The van der Waals surface area contributed by atoms with Crippen LogP contribution in [0.2, 0.25) is 12.6 Å². The zero-order valence-electron chi connectivity index (χ0n) is 11.1. The van der Waals surface area contributed by atoms with Gasteiger partial charge in [-0.25, -0.2) is 0 Å². The van der Waals surface area contributed by atoms with Crippen molar-refractivity contribution in [2.24, 2.45) is 5.92 Å². The first kappa shape index (κ1) is 15.1. The van der Waals surface area contributed by atoms with Crippen LogP contribution >= 0.6 is 0 Å². The van der Waals surface area contributed by atoms with E-state index in [2.05, 4.69) is 32.6 Å². The molecule has 4 heteroatoms. The summed E-state index contributed by atoms with van der Waals surface area (Å²) in [6.07, 6.45) is 0.0944. The van der Waals surface area contributed by atoms with Gasteiger partial charge < -0.3 is 8.85 Å². The van der Waals surface area contributed by atoms with Crippen LogP contribution in [0.15, 0.2) is 0 Å². The monoisotopic (exact) mass is 233 g/mol. The van der Waals surface area contributed by atoms with E-state index in [1.807, 2.05) is 13.8 Å². The minimum absolute atomic E-state index is 0.0944. The predicted molar refractivity (Wildman–Crippen MR) is 67.1 cm³/mol. The lowest BCUT2D eigenvalue weighted by Crippen LogP contribution is -2.46. The highest BCUT2D eigenvalue weighted by Crippen LogP contribution is 2.20. The molecule has 0 heterocycles. The van der Waals surface area contributed by atoms with Gasteiger partial charge in [-0.05, 0) is 38.9 Å². The van der Waals surface area contributed by atoms with Gasteiger partial charge >= 0.3 is 8.56 Å².